The van der Waals surface area contributed by atoms with Gasteiger partial charge in [0.05, 0.1) is 17.9 Å². The number of hydrogen-bond donors (Lipinski definition) is 1. The minimum atomic E-state index is -1.23. The van der Waals surface area contributed by atoms with E-state index in [2.05, 4.69) is 34.6 Å². The van der Waals surface area contributed by atoms with Crippen LogP contribution in [-0.4, -0.2) is 82.2 Å². The van der Waals surface area contributed by atoms with Crippen LogP contribution >= 0.6 is 0 Å². The van der Waals surface area contributed by atoms with Crippen LogP contribution in [0.25, 0.3) is 0 Å². The maximum atomic E-state index is 14.6. The number of amides is 3. The Hall–Kier alpha value is -2.97. The van der Waals surface area contributed by atoms with Gasteiger partial charge < -0.3 is 24.5 Å². The molecule has 2 fully saturated rings. The van der Waals surface area contributed by atoms with E-state index in [0.29, 0.717) is 32.5 Å². The van der Waals surface area contributed by atoms with Crippen molar-refractivity contribution in [3.63, 3.8) is 0 Å². The maximum Gasteiger partial charge on any atom is 0.249 e. The molecule has 0 bridgehead atoms. The minimum absolute atomic E-state index is 0.00927. The zero-order valence-electron chi connectivity index (χ0n) is 25.1. The number of ether oxygens (including phenoxy) is 1. The molecule has 0 aromatic heterocycles. The summed E-state index contributed by atoms with van der Waals surface area (Å²) < 4.78 is 6.78. The predicted octanol–water partition coefficient (Wildman–Crippen LogP) is 3.95. The Balaban J connectivity index is 1.56. The standard InChI is InChI=1S/C33H45N3O5/c1-31(2,3)22-32(4,5)36-20-13-17-33-26(29(39)35(27(33)30(36)40)18-10-7-11-21-37)25-24(41-33)16-12-19-34(28(25)38)23-14-8-6-9-15-23/h6,8-9,12-17,24-27,37H,7,10-11,18-22H2,1-5H3/t24-,25+,26+,27?,33+/m1/s1. The lowest BCUT2D eigenvalue weighted by Gasteiger charge is -2.44. The molecule has 2 saturated heterocycles. The summed E-state index contributed by atoms with van der Waals surface area (Å²) in [6.07, 6.45) is 9.93. The molecule has 1 N–H and O–H groups in total. The molecule has 3 amide bonds. The highest BCUT2D eigenvalue weighted by Gasteiger charge is 2.72. The second kappa shape index (κ2) is 11.0. The van der Waals surface area contributed by atoms with Gasteiger partial charge in [0, 0.05) is 37.5 Å². The van der Waals surface area contributed by atoms with E-state index in [4.69, 9.17) is 4.74 Å². The summed E-state index contributed by atoms with van der Waals surface area (Å²) in [5.41, 5.74) is -0.927. The molecule has 4 aliphatic heterocycles. The van der Waals surface area contributed by atoms with E-state index >= 15 is 0 Å². The quantitative estimate of drug-likeness (QED) is 0.382. The highest BCUT2D eigenvalue weighted by atomic mass is 16.5. The van der Waals surface area contributed by atoms with Crippen LogP contribution in [0, 0.1) is 17.3 Å². The highest BCUT2D eigenvalue weighted by Crippen LogP contribution is 2.54. The first-order valence-corrected chi connectivity index (χ1v) is 15.0. The Morgan fingerprint density at radius 1 is 0.927 bits per heavy atom. The van der Waals surface area contributed by atoms with Gasteiger partial charge in [-0.1, -0.05) is 63.3 Å². The Bertz CT molecular complexity index is 1220. The number of aliphatic hydroxyl groups excluding tert-OH is 1. The third-order valence-electron chi connectivity index (χ3n) is 8.98. The fourth-order valence-corrected chi connectivity index (χ4v) is 7.73. The number of fused-ring (bicyclic) bond motifs is 2. The van der Waals surface area contributed by atoms with Crippen molar-refractivity contribution in [2.24, 2.45) is 17.3 Å². The number of para-hydroxylation sites is 1. The number of aliphatic hydroxyl groups is 1. The fraction of sp³-hybridized carbons (Fsp3) is 0.606. The molecular weight excluding hydrogens is 518 g/mol. The van der Waals surface area contributed by atoms with E-state index in [1.807, 2.05) is 59.5 Å². The third-order valence-corrected chi connectivity index (χ3v) is 8.98. The molecule has 1 spiro atoms. The Morgan fingerprint density at radius 2 is 1.66 bits per heavy atom. The van der Waals surface area contributed by atoms with Gasteiger partial charge in [-0.15, -0.1) is 0 Å². The van der Waals surface area contributed by atoms with Crippen LogP contribution in [0.1, 0.15) is 60.3 Å². The second-order valence-corrected chi connectivity index (χ2v) is 13.8. The molecule has 4 aliphatic rings. The molecule has 222 valence electrons. The number of hydrogen-bond acceptors (Lipinski definition) is 5. The van der Waals surface area contributed by atoms with Crippen molar-refractivity contribution >= 4 is 23.4 Å². The smallest absolute Gasteiger partial charge is 0.249 e. The van der Waals surface area contributed by atoms with E-state index < -0.39 is 35.1 Å². The van der Waals surface area contributed by atoms with Crippen LogP contribution in [0.5, 0.6) is 0 Å². The molecule has 8 heteroatoms. The van der Waals surface area contributed by atoms with E-state index in [-0.39, 0.29) is 29.7 Å². The van der Waals surface area contributed by atoms with Crippen LogP contribution in [0.15, 0.2) is 54.6 Å². The molecule has 8 nitrogen and oxygen atoms in total. The first kappa shape index (κ1) is 29.5. The fourth-order valence-electron chi connectivity index (χ4n) is 7.73. The number of carbonyl (C=O) groups excluding carboxylic acids is 3. The second-order valence-electron chi connectivity index (χ2n) is 13.8. The topological polar surface area (TPSA) is 90.4 Å². The van der Waals surface area contributed by atoms with E-state index in [9.17, 15) is 19.5 Å². The lowest BCUT2D eigenvalue weighted by Crippen LogP contribution is -2.59. The molecule has 5 rings (SSSR count). The number of anilines is 1. The summed E-state index contributed by atoms with van der Waals surface area (Å²) in [6.45, 7) is 12.0. The van der Waals surface area contributed by atoms with Crippen molar-refractivity contribution in [2.45, 2.75) is 83.6 Å². The van der Waals surface area contributed by atoms with E-state index in [0.717, 1.165) is 18.5 Å². The third kappa shape index (κ3) is 5.25. The highest BCUT2D eigenvalue weighted by molar-refractivity contribution is 6.03. The summed E-state index contributed by atoms with van der Waals surface area (Å²) >= 11 is 0. The first-order valence-electron chi connectivity index (χ1n) is 15.0. The summed E-state index contributed by atoms with van der Waals surface area (Å²) in [7, 11) is 0. The number of rotatable bonds is 8. The molecule has 0 saturated carbocycles. The summed E-state index contributed by atoms with van der Waals surface area (Å²) in [5.74, 6) is -2.02. The molecule has 1 aromatic rings. The van der Waals surface area contributed by atoms with Gasteiger partial charge in [-0.05, 0) is 57.1 Å². The van der Waals surface area contributed by atoms with Crippen molar-refractivity contribution in [1.82, 2.24) is 9.80 Å². The van der Waals surface area contributed by atoms with E-state index in [1.165, 1.54) is 0 Å². The van der Waals surface area contributed by atoms with E-state index in [1.54, 1.807) is 9.80 Å². The Morgan fingerprint density at radius 3 is 2.34 bits per heavy atom. The number of nitrogens with zero attached hydrogens (tertiary/aromatic N) is 3. The Kier molecular flexibility index (Phi) is 7.94. The van der Waals surface area contributed by atoms with Gasteiger partial charge in [-0.2, -0.15) is 0 Å². The summed E-state index contributed by atoms with van der Waals surface area (Å²) in [6, 6.07) is 8.64. The number of likely N-dealkylation sites (tertiary alicyclic amines) is 1. The molecule has 5 atom stereocenters. The summed E-state index contributed by atoms with van der Waals surface area (Å²) in [5, 5.41) is 9.31. The average molecular weight is 564 g/mol. The first-order chi connectivity index (χ1) is 19.4. The van der Waals surface area contributed by atoms with Crippen LogP contribution in [0.3, 0.4) is 0 Å². The van der Waals surface area contributed by atoms with Crippen LogP contribution < -0.4 is 4.90 Å². The molecule has 41 heavy (non-hydrogen) atoms. The molecule has 0 radical (unpaired) electrons. The monoisotopic (exact) mass is 563 g/mol. The van der Waals surface area contributed by atoms with Crippen molar-refractivity contribution < 1.29 is 24.2 Å². The van der Waals surface area contributed by atoms with Crippen molar-refractivity contribution in [1.29, 1.82) is 0 Å². The normalized spacial score (nSPS) is 29.9. The van der Waals surface area contributed by atoms with Crippen molar-refractivity contribution in [3.8, 4) is 0 Å². The number of benzene rings is 1. The number of carbonyl (C=O) groups is 3. The molecule has 1 aromatic carbocycles. The van der Waals surface area contributed by atoms with Gasteiger partial charge in [-0.3, -0.25) is 14.4 Å². The van der Waals surface area contributed by atoms with Crippen molar-refractivity contribution in [2.75, 3.05) is 31.1 Å². The lowest BCUT2D eigenvalue weighted by molar-refractivity contribution is -0.151. The van der Waals surface area contributed by atoms with Crippen LogP contribution in [0.4, 0.5) is 5.69 Å². The van der Waals surface area contributed by atoms with Crippen molar-refractivity contribution in [3.05, 3.63) is 54.6 Å². The van der Waals surface area contributed by atoms with Gasteiger partial charge in [0.25, 0.3) is 0 Å². The van der Waals surface area contributed by atoms with Gasteiger partial charge in [0.2, 0.25) is 17.7 Å². The molecule has 1 unspecified atom stereocenters. The van der Waals surface area contributed by atoms with Gasteiger partial charge >= 0.3 is 0 Å². The van der Waals surface area contributed by atoms with Crippen LogP contribution in [0.2, 0.25) is 0 Å². The zero-order chi connectivity index (χ0) is 29.6. The molecular formula is C33H45N3O5. The Labute approximate surface area is 244 Å². The zero-order valence-corrected chi connectivity index (χ0v) is 25.1. The lowest BCUT2D eigenvalue weighted by atomic mass is 9.77. The average Bonchev–Trinajstić information content (AvgIpc) is 3.20. The largest absolute Gasteiger partial charge is 0.396 e. The summed E-state index contributed by atoms with van der Waals surface area (Å²) in [4.78, 5) is 48.6. The SMILES string of the molecule is CC(C)(C)CC(C)(C)N1CC=C[C@]23O[C@@H]4C=CCN(c5ccccc5)C(=O)[C@@H]4[C@H]2C(=O)N(CCCCCO)C3C1=O. The van der Waals surface area contributed by atoms with Gasteiger partial charge in [0.1, 0.15) is 11.6 Å². The molecule has 0 aliphatic carbocycles. The van der Waals surface area contributed by atoms with Gasteiger partial charge in [0.15, 0.2) is 0 Å². The molecule has 4 heterocycles. The number of unbranched alkanes of at least 4 members (excludes halogenated alkanes) is 2. The maximum absolute atomic E-state index is 14.6. The minimum Gasteiger partial charge on any atom is -0.396 e. The van der Waals surface area contributed by atoms with Gasteiger partial charge in [-0.25, -0.2) is 0 Å². The predicted molar refractivity (Wildman–Crippen MR) is 158 cm³/mol. The van der Waals surface area contributed by atoms with Crippen LogP contribution in [-0.2, 0) is 19.1 Å².